The second-order valence-corrected chi connectivity index (χ2v) is 2.25. The molecule has 0 aromatic carbocycles. The number of rotatable bonds is 3. The van der Waals surface area contributed by atoms with Gasteiger partial charge in [0.25, 0.3) is 0 Å². The first-order chi connectivity index (χ1) is 4.09. The summed E-state index contributed by atoms with van der Waals surface area (Å²) >= 11 is 0. The Morgan fingerprint density at radius 2 is 2.10 bits per heavy atom. The first-order valence-corrected chi connectivity index (χ1v) is 3.08. The SMILES string of the molecule is CC[C@H](C)[C@H](N)C(=O)O.[Fe]. The van der Waals surface area contributed by atoms with Gasteiger partial charge in [-0.2, -0.15) is 0 Å². The first kappa shape index (κ1) is 12.6. The second kappa shape index (κ2) is 5.71. The van der Waals surface area contributed by atoms with Crippen molar-refractivity contribution < 1.29 is 27.0 Å². The van der Waals surface area contributed by atoms with Gasteiger partial charge in [0, 0.05) is 17.1 Å². The van der Waals surface area contributed by atoms with Crippen LogP contribution in [0.1, 0.15) is 20.3 Å². The van der Waals surface area contributed by atoms with Gasteiger partial charge in [-0.15, -0.1) is 0 Å². The van der Waals surface area contributed by atoms with Gasteiger partial charge in [0.15, 0.2) is 0 Å². The zero-order valence-corrected chi connectivity index (χ0v) is 7.25. The number of hydrogen-bond acceptors (Lipinski definition) is 2. The second-order valence-electron chi connectivity index (χ2n) is 2.25. The third kappa shape index (κ3) is 3.88. The zero-order valence-electron chi connectivity index (χ0n) is 6.15. The summed E-state index contributed by atoms with van der Waals surface area (Å²) in [5.41, 5.74) is 5.27. The van der Waals surface area contributed by atoms with E-state index in [1.165, 1.54) is 0 Å². The largest absolute Gasteiger partial charge is 0.480 e. The van der Waals surface area contributed by atoms with E-state index in [9.17, 15) is 4.79 Å². The molecule has 0 aliphatic rings. The third-order valence-corrected chi connectivity index (χ3v) is 1.54. The van der Waals surface area contributed by atoms with Gasteiger partial charge >= 0.3 is 5.97 Å². The fourth-order valence-electron chi connectivity index (χ4n) is 0.497. The summed E-state index contributed by atoms with van der Waals surface area (Å²) in [6.07, 6.45) is 0.813. The minimum atomic E-state index is -0.913. The van der Waals surface area contributed by atoms with Gasteiger partial charge in [-0.3, -0.25) is 4.79 Å². The van der Waals surface area contributed by atoms with Gasteiger partial charge in [-0.1, -0.05) is 20.3 Å². The molecule has 2 atom stereocenters. The molecule has 3 N–H and O–H groups in total. The predicted molar refractivity (Wildman–Crippen MR) is 35.1 cm³/mol. The minimum Gasteiger partial charge on any atom is -0.480 e. The van der Waals surface area contributed by atoms with E-state index in [-0.39, 0.29) is 23.0 Å². The van der Waals surface area contributed by atoms with Gasteiger partial charge in [0.05, 0.1) is 0 Å². The fourth-order valence-corrected chi connectivity index (χ4v) is 0.497. The number of carbonyl (C=O) groups is 1. The summed E-state index contributed by atoms with van der Waals surface area (Å²) < 4.78 is 0. The quantitative estimate of drug-likeness (QED) is 0.630. The maximum Gasteiger partial charge on any atom is 0.320 e. The predicted octanol–water partition coefficient (Wildman–Crippen LogP) is 0.442. The van der Waals surface area contributed by atoms with E-state index < -0.39 is 12.0 Å². The molecule has 10 heavy (non-hydrogen) atoms. The minimum absolute atomic E-state index is 0. The standard InChI is InChI=1S/C6H13NO2.Fe/c1-3-4(2)5(7)6(8)9;/h4-5H,3,7H2,1-2H3,(H,8,9);/t4-,5-;/m0./s1. The Bertz CT molecular complexity index is 108. The average molecular weight is 187 g/mol. The van der Waals surface area contributed by atoms with Crippen LogP contribution in [0, 0.1) is 5.92 Å². The number of carboxylic acid groups (broad SMARTS) is 1. The van der Waals surface area contributed by atoms with Gasteiger partial charge in [-0.05, 0) is 5.92 Å². The van der Waals surface area contributed by atoms with Gasteiger partial charge in [0.2, 0.25) is 0 Å². The molecule has 62 valence electrons. The maximum atomic E-state index is 10.2. The van der Waals surface area contributed by atoms with E-state index in [1.54, 1.807) is 0 Å². The Morgan fingerprint density at radius 1 is 1.70 bits per heavy atom. The molecule has 0 unspecified atom stereocenters. The van der Waals surface area contributed by atoms with Crippen LogP contribution in [0.15, 0.2) is 0 Å². The van der Waals surface area contributed by atoms with E-state index in [4.69, 9.17) is 10.8 Å². The van der Waals surface area contributed by atoms with Crippen LogP contribution in [-0.2, 0) is 21.9 Å². The van der Waals surface area contributed by atoms with E-state index >= 15 is 0 Å². The number of carboxylic acids is 1. The van der Waals surface area contributed by atoms with Crippen LogP contribution in [-0.4, -0.2) is 17.1 Å². The first-order valence-electron chi connectivity index (χ1n) is 3.08. The Morgan fingerprint density at radius 3 is 2.20 bits per heavy atom. The molecule has 0 aromatic heterocycles. The summed E-state index contributed by atoms with van der Waals surface area (Å²) in [6.45, 7) is 3.76. The molecular formula is C6H13FeNO2. The zero-order chi connectivity index (χ0) is 7.44. The molecule has 0 bridgehead atoms. The van der Waals surface area contributed by atoms with E-state index in [0.717, 1.165) is 6.42 Å². The Balaban J connectivity index is 0. The molecule has 0 spiro atoms. The summed E-state index contributed by atoms with van der Waals surface area (Å²) in [5, 5.41) is 8.36. The van der Waals surface area contributed by atoms with Crippen LogP contribution in [0.4, 0.5) is 0 Å². The Kier molecular flexibility index (Phi) is 7.20. The molecule has 3 nitrogen and oxygen atoms in total. The van der Waals surface area contributed by atoms with Crippen molar-refractivity contribution in [3.05, 3.63) is 0 Å². The van der Waals surface area contributed by atoms with E-state index in [0.29, 0.717) is 0 Å². The van der Waals surface area contributed by atoms with Gasteiger partial charge in [-0.25, -0.2) is 0 Å². The molecule has 4 heteroatoms. The maximum absolute atomic E-state index is 10.2. The summed E-state index contributed by atoms with van der Waals surface area (Å²) in [4.78, 5) is 10.2. The summed E-state index contributed by atoms with van der Waals surface area (Å²) in [7, 11) is 0. The van der Waals surface area contributed by atoms with Crippen LogP contribution < -0.4 is 5.73 Å². The van der Waals surface area contributed by atoms with Crippen molar-refractivity contribution in [3.63, 3.8) is 0 Å². The van der Waals surface area contributed by atoms with Crippen LogP contribution in [0.2, 0.25) is 0 Å². The number of hydrogen-bond donors (Lipinski definition) is 2. The molecule has 0 fully saturated rings. The van der Waals surface area contributed by atoms with Crippen molar-refractivity contribution in [1.29, 1.82) is 0 Å². The van der Waals surface area contributed by atoms with Crippen molar-refractivity contribution in [1.82, 2.24) is 0 Å². The molecule has 0 amide bonds. The third-order valence-electron chi connectivity index (χ3n) is 1.54. The monoisotopic (exact) mass is 187 g/mol. The van der Waals surface area contributed by atoms with Crippen molar-refractivity contribution >= 4 is 5.97 Å². The summed E-state index contributed by atoms with van der Waals surface area (Å²) in [6, 6.07) is -0.699. The average Bonchev–Trinajstić information content (AvgIpc) is 1.84. The molecule has 0 aliphatic heterocycles. The fraction of sp³-hybridized carbons (Fsp3) is 0.833. The number of aliphatic carboxylic acids is 1. The smallest absolute Gasteiger partial charge is 0.320 e. The van der Waals surface area contributed by atoms with Crippen LogP contribution in [0.5, 0.6) is 0 Å². The van der Waals surface area contributed by atoms with E-state index in [2.05, 4.69) is 0 Å². The number of nitrogens with two attached hydrogens (primary N) is 1. The molecule has 0 heterocycles. The van der Waals surface area contributed by atoms with Gasteiger partial charge in [0.1, 0.15) is 6.04 Å². The topological polar surface area (TPSA) is 63.3 Å². The molecule has 0 aromatic rings. The molecular weight excluding hydrogens is 174 g/mol. The molecule has 0 rings (SSSR count). The van der Waals surface area contributed by atoms with Gasteiger partial charge < -0.3 is 10.8 Å². The normalized spacial score (nSPS) is 15.1. The Labute approximate surface area is 71.5 Å². The van der Waals surface area contributed by atoms with Crippen molar-refractivity contribution in [3.8, 4) is 0 Å². The van der Waals surface area contributed by atoms with Crippen molar-refractivity contribution in [2.24, 2.45) is 11.7 Å². The molecule has 0 saturated carbocycles. The molecule has 0 saturated heterocycles. The van der Waals surface area contributed by atoms with Crippen LogP contribution >= 0.6 is 0 Å². The van der Waals surface area contributed by atoms with Crippen LogP contribution in [0.25, 0.3) is 0 Å². The van der Waals surface area contributed by atoms with E-state index in [1.807, 2.05) is 13.8 Å². The van der Waals surface area contributed by atoms with Crippen LogP contribution in [0.3, 0.4) is 0 Å². The molecule has 0 radical (unpaired) electrons. The molecule has 0 aliphatic carbocycles. The Hall–Kier alpha value is -0.0505. The van der Waals surface area contributed by atoms with Crippen molar-refractivity contribution in [2.45, 2.75) is 26.3 Å². The summed E-state index contributed by atoms with van der Waals surface area (Å²) in [5.74, 6) is -0.841. The van der Waals surface area contributed by atoms with Crippen molar-refractivity contribution in [2.75, 3.05) is 0 Å².